The number of aryl methyl sites for hydroxylation is 4. The fourth-order valence-corrected chi connectivity index (χ4v) is 3.99. The molecule has 0 aliphatic carbocycles. The van der Waals surface area contributed by atoms with Gasteiger partial charge in [0.1, 0.15) is 17.3 Å². The number of hydrogen-bond acceptors (Lipinski definition) is 7. The van der Waals surface area contributed by atoms with Crippen LogP contribution in [0.4, 0.5) is 5.82 Å². The minimum absolute atomic E-state index is 0.231. The summed E-state index contributed by atoms with van der Waals surface area (Å²) in [5, 5.41) is 8.12. The molecule has 0 radical (unpaired) electrons. The number of thioether (sulfide) groups is 1. The van der Waals surface area contributed by atoms with Crippen molar-refractivity contribution in [3.63, 3.8) is 0 Å². The molecule has 0 aliphatic rings. The fourth-order valence-electron chi connectivity index (χ4n) is 3.00. The molecule has 148 valence electrons. The zero-order valence-corrected chi connectivity index (χ0v) is 17.4. The number of hydrogen-bond donors (Lipinski definition) is 1. The Balaban J connectivity index is 1.69. The van der Waals surface area contributed by atoms with Gasteiger partial charge in [-0.25, -0.2) is 4.98 Å². The topological polar surface area (TPSA) is 94.1 Å². The van der Waals surface area contributed by atoms with E-state index in [4.69, 9.17) is 8.94 Å². The van der Waals surface area contributed by atoms with Crippen molar-refractivity contribution < 1.29 is 13.7 Å². The van der Waals surface area contributed by atoms with Gasteiger partial charge in [0, 0.05) is 22.4 Å². The number of fused-ring (bicyclic) bond motifs is 1. The molecule has 3 aromatic heterocycles. The molecule has 0 bridgehead atoms. The third-order valence-corrected chi connectivity index (χ3v) is 5.68. The molecule has 0 saturated heterocycles. The van der Waals surface area contributed by atoms with E-state index in [-0.39, 0.29) is 5.91 Å². The van der Waals surface area contributed by atoms with Crippen molar-refractivity contribution in [1.29, 1.82) is 0 Å². The molecule has 8 heteroatoms. The number of furan rings is 1. The molecule has 0 atom stereocenters. The summed E-state index contributed by atoms with van der Waals surface area (Å²) >= 11 is 1.44. The third kappa shape index (κ3) is 3.75. The van der Waals surface area contributed by atoms with E-state index in [0.717, 1.165) is 28.3 Å². The molecule has 4 rings (SSSR count). The molecule has 0 unspecified atom stereocenters. The zero-order chi connectivity index (χ0) is 20.5. The van der Waals surface area contributed by atoms with Crippen molar-refractivity contribution in [3.05, 3.63) is 64.2 Å². The molecule has 4 aromatic rings. The second-order valence-electron chi connectivity index (χ2n) is 6.73. The van der Waals surface area contributed by atoms with E-state index in [1.165, 1.54) is 11.8 Å². The number of benzene rings is 1. The lowest BCUT2D eigenvalue weighted by atomic mass is 10.2. The van der Waals surface area contributed by atoms with Gasteiger partial charge in [-0.15, -0.1) is 0 Å². The number of rotatable bonds is 5. The SMILES string of the molecule is Cc1noc(C)c1CSc1nc(NC(=O)c2ccccc2)c2c(C)c(C)oc2n1. The molecule has 3 heterocycles. The molecular formula is C21H20N4O3S. The summed E-state index contributed by atoms with van der Waals surface area (Å²) in [5.74, 6) is 2.35. The number of carbonyl (C=O) groups excluding carboxylic acids is 1. The summed E-state index contributed by atoms with van der Waals surface area (Å²) in [4.78, 5) is 21.8. The first-order valence-electron chi connectivity index (χ1n) is 9.12. The molecule has 29 heavy (non-hydrogen) atoms. The number of nitrogens with zero attached hydrogens (tertiary/aromatic N) is 3. The summed E-state index contributed by atoms with van der Waals surface area (Å²) in [6.07, 6.45) is 0. The van der Waals surface area contributed by atoms with Gasteiger partial charge in [0.2, 0.25) is 5.71 Å². The maximum absolute atomic E-state index is 12.7. The van der Waals surface area contributed by atoms with Gasteiger partial charge in [-0.2, -0.15) is 4.98 Å². The molecule has 0 saturated carbocycles. The number of anilines is 1. The van der Waals surface area contributed by atoms with Crippen LogP contribution < -0.4 is 5.32 Å². The third-order valence-electron chi connectivity index (χ3n) is 4.80. The lowest BCUT2D eigenvalue weighted by Crippen LogP contribution is -2.13. The van der Waals surface area contributed by atoms with Gasteiger partial charge in [0.25, 0.3) is 5.91 Å². The summed E-state index contributed by atoms with van der Waals surface area (Å²) < 4.78 is 11.0. The minimum Gasteiger partial charge on any atom is -0.443 e. The van der Waals surface area contributed by atoms with Gasteiger partial charge in [0.15, 0.2) is 5.16 Å². The molecule has 0 fully saturated rings. The van der Waals surface area contributed by atoms with E-state index in [1.54, 1.807) is 12.1 Å². The lowest BCUT2D eigenvalue weighted by Gasteiger charge is -2.08. The van der Waals surface area contributed by atoms with Crippen molar-refractivity contribution in [2.75, 3.05) is 5.32 Å². The van der Waals surface area contributed by atoms with E-state index in [2.05, 4.69) is 20.4 Å². The number of nitrogens with one attached hydrogen (secondary N) is 1. The largest absolute Gasteiger partial charge is 0.443 e. The van der Waals surface area contributed by atoms with E-state index in [1.807, 2.05) is 45.9 Å². The number of aromatic nitrogens is 3. The summed E-state index contributed by atoms with van der Waals surface area (Å²) in [6.45, 7) is 7.59. The van der Waals surface area contributed by atoms with Crippen molar-refractivity contribution in [1.82, 2.24) is 15.1 Å². The predicted octanol–water partition coefficient (Wildman–Crippen LogP) is 4.99. The van der Waals surface area contributed by atoms with Gasteiger partial charge in [0.05, 0.1) is 11.1 Å². The highest BCUT2D eigenvalue weighted by Gasteiger charge is 2.19. The van der Waals surface area contributed by atoms with E-state index in [9.17, 15) is 4.79 Å². The Labute approximate surface area is 171 Å². The standard InChI is InChI=1S/C21H20N4O3S/c1-11-13(3)27-20-17(11)18(22-19(26)15-8-6-5-7-9-15)23-21(24-20)29-10-16-12(2)25-28-14(16)4/h5-9H,10H2,1-4H3,(H,22,23,24,26). The Morgan fingerprint density at radius 3 is 2.52 bits per heavy atom. The van der Waals surface area contributed by atoms with Crippen LogP contribution >= 0.6 is 11.8 Å². The lowest BCUT2D eigenvalue weighted by molar-refractivity contribution is 0.102. The van der Waals surface area contributed by atoms with Crippen LogP contribution in [0.2, 0.25) is 0 Å². The molecule has 0 spiro atoms. The van der Waals surface area contributed by atoms with E-state index in [0.29, 0.717) is 33.4 Å². The van der Waals surface area contributed by atoms with Crippen molar-refractivity contribution in [2.24, 2.45) is 0 Å². The van der Waals surface area contributed by atoms with Gasteiger partial charge in [-0.3, -0.25) is 4.79 Å². The molecule has 1 N–H and O–H groups in total. The Hall–Kier alpha value is -3.13. The van der Waals surface area contributed by atoms with Gasteiger partial charge >= 0.3 is 0 Å². The number of carbonyl (C=O) groups is 1. The highest BCUT2D eigenvalue weighted by molar-refractivity contribution is 7.98. The second kappa shape index (κ2) is 7.71. The van der Waals surface area contributed by atoms with E-state index < -0.39 is 0 Å². The molecular weight excluding hydrogens is 388 g/mol. The molecule has 1 aromatic carbocycles. The Bertz CT molecular complexity index is 1180. The fraction of sp³-hybridized carbons (Fsp3) is 0.238. The highest BCUT2D eigenvalue weighted by atomic mass is 32.2. The average Bonchev–Trinajstić information content (AvgIpc) is 3.19. The monoisotopic (exact) mass is 408 g/mol. The zero-order valence-electron chi connectivity index (χ0n) is 16.6. The minimum atomic E-state index is -0.231. The Morgan fingerprint density at radius 2 is 1.83 bits per heavy atom. The molecule has 0 aliphatic heterocycles. The van der Waals surface area contributed by atoms with Crippen LogP contribution in [0, 0.1) is 27.7 Å². The normalized spacial score (nSPS) is 11.2. The van der Waals surface area contributed by atoms with Gasteiger partial charge in [-0.1, -0.05) is 35.1 Å². The van der Waals surface area contributed by atoms with Gasteiger partial charge < -0.3 is 14.3 Å². The van der Waals surface area contributed by atoms with Crippen LogP contribution in [0.25, 0.3) is 11.1 Å². The predicted molar refractivity (Wildman–Crippen MR) is 111 cm³/mol. The average molecular weight is 408 g/mol. The smallest absolute Gasteiger partial charge is 0.256 e. The van der Waals surface area contributed by atoms with Crippen molar-refractivity contribution in [3.8, 4) is 0 Å². The van der Waals surface area contributed by atoms with Crippen molar-refractivity contribution >= 4 is 34.6 Å². The maximum atomic E-state index is 12.7. The quantitative estimate of drug-likeness (QED) is 0.367. The van der Waals surface area contributed by atoms with Crippen LogP contribution in [0.5, 0.6) is 0 Å². The first-order valence-corrected chi connectivity index (χ1v) is 10.1. The summed E-state index contributed by atoms with van der Waals surface area (Å²) in [7, 11) is 0. The Morgan fingerprint density at radius 1 is 1.07 bits per heavy atom. The first kappa shape index (κ1) is 19.2. The summed E-state index contributed by atoms with van der Waals surface area (Å²) in [6, 6.07) is 9.03. The van der Waals surface area contributed by atoms with Gasteiger partial charge in [-0.05, 0) is 39.8 Å². The maximum Gasteiger partial charge on any atom is 0.256 e. The highest BCUT2D eigenvalue weighted by Crippen LogP contribution is 2.32. The molecule has 1 amide bonds. The second-order valence-corrected chi connectivity index (χ2v) is 7.67. The first-order chi connectivity index (χ1) is 13.9. The van der Waals surface area contributed by atoms with Crippen molar-refractivity contribution in [2.45, 2.75) is 38.6 Å². The van der Waals surface area contributed by atoms with Crippen LogP contribution in [-0.4, -0.2) is 21.0 Å². The number of amides is 1. The molecule has 7 nitrogen and oxygen atoms in total. The van der Waals surface area contributed by atoms with Crippen LogP contribution in [0.15, 0.2) is 44.4 Å². The summed E-state index contributed by atoms with van der Waals surface area (Å²) in [5.41, 5.74) is 3.78. The van der Waals surface area contributed by atoms with Crippen LogP contribution in [-0.2, 0) is 5.75 Å². The Kier molecular flexibility index (Phi) is 5.10. The van der Waals surface area contributed by atoms with Crippen LogP contribution in [0.3, 0.4) is 0 Å². The van der Waals surface area contributed by atoms with E-state index >= 15 is 0 Å². The van der Waals surface area contributed by atoms with Crippen LogP contribution in [0.1, 0.15) is 38.7 Å².